The number of nitrogens with one attached hydrogen (secondary N) is 1. The lowest BCUT2D eigenvalue weighted by Gasteiger charge is -2.11. The van der Waals surface area contributed by atoms with E-state index in [9.17, 15) is 4.79 Å². The van der Waals surface area contributed by atoms with E-state index < -0.39 is 0 Å². The van der Waals surface area contributed by atoms with E-state index in [1.807, 2.05) is 85.3 Å². The number of aryl methyl sites for hydroxylation is 1. The molecular formula is C22H20N4O. The number of benzene rings is 3. The molecule has 0 aliphatic rings. The molecule has 0 fully saturated rings. The number of hydrogen-bond acceptors (Lipinski definition) is 3. The summed E-state index contributed by atoms with van der Waals surface area (Å²) in [6.45, 7) is 4.66. The number of anilines is 1. The normalized spacial score (nSPS) is 10.9. The minimum Gasteiger partial charge on any atom is -0.322 e. The van der Waals surface area contributed by atoms with Crippen LogP contribution < -0.4 is 5.32 Å². The van der Waals surface area contributed by atoms with Crippen LogP contribution in [0.1, 0.15) is 27.0 Å². The Hall–Kier alpha value is -3.47. The zero-order valence-electron chi connectivity index (χ0n) is 15.3. The van der Waals surface area contributed by atoms with Gasteiger partial charge in [0.15, 0.2) is 0 Å². The SMILES string of the molecule is Cc1cccc(NC(=O)c2ccc(Cn3nnc4ccccc43)cc2)c1C. The van der Waals surface area contributed by atoms with Crippen LogP contribution in [0, 0.1) is 13.8 Å². The monoisotopic (exact) mass is 356 g/mol. The summed E-state index contributed by atoms with van der Waals surface area (Å²) in [5, 5.41) is 11.4. The molecule has 134 valence electrons. The Labute approximate surface area is 157 Å². The van der Waals surface area contributed by atoms with Gasteiger partial charge < -0.3 is 5.32 Å². The van der Waals surface area contributed by atoms with Crippen LogP contribution in [0.25, 0.3) is 11.0 Å². The highest BCUT2D eigenvalue weighted by Crippen LogP contribution is 2.19. The minimum atomic E-state index is -0.110. The van der Waals surface area contributed by atoms with Crippen LogP contribution in [0.4, 0.5) is 5.69 Å². The van der Waals surface area contributed by atoms with Gasteiger partial charge in [0.1, 0.15) is 5.52 Å². The van der Waals surface area contributed by atoms with Crippen molar-refractivity contribution in [2.24, 2.45) is 0 Å². The lowest BCUT2D eigenvalue weighted by atomic mass is 10.1. The Kier molecular flexibility index (Phi) is 4.42. The highest BCUT2D eigenvalue weighted by molar-refractivity contribution is 6.04. The molecule has 1 amide bonds. The summed E-state index contributed by atoms with van der Waals surface area (Å²) in [5.41, 5.74) is 6.65. The van der Waals surface area contributed by atoms with Crippen LogP contribution in [-0.2, 0) is 6.54 Å². The second-order valence-electron chi connectivity index (χ2n) is 6.63. The van der Waals surface area contributed by atoms with Gasteiger partial charge in [0.25, 0.3) is 5.91 Å². The van der Waals surface area contributed by atoms with Crippen LogP contribution in [0.5, 0.6) is 0 Å². The third-order valence-corrected chi connectivity index (χ3v) is 4.82. The Bertz CT molecular complexity index is 1110. The lowest BCUT2D eigenvalue weighted by molar-refractivity contribution is 0.102. The van der Waals surface area contributed by atoms with Crippen LogP contribution in [-0.4, -0.2) is 20.9 Å². The highest BCUT2D eigenvalue weighted by atomic mass is 16.1. The maximum atomic E-state index is 12.5. The van der Waals surface area contributed by atoms with Crippen molar-refractivity contribution in [3.63, 3.8) is 0 Å². The van der Waals surface area contributed by atoms with Crippen molar-refractivity contribution in [1.29, 1.82) is 0 Å². The molecule has 0 saturated carbocycles. The van der Waals surface area contributed by atoms with Crippen molar-refractivity contribution in [2.75, 3.05) is 5.32 Å². The van der Waals surface area contributed by atoms with E-state index in [2.05, 4.69) is 15.6 Å². The summed E-state index contributed by atoms with van der Waals surface area (Å²) in [7, 11) is 0. The first-order valence-corrected chi connectivity index (χ1v) is 8.86. The molecule has 0 spiro atoms. The molecule has 5 nitrogen and oxygen atoms in total. The van der Waals surface area contributed by atoms with Gasteiger partial charge in [-0.15, -0.1) is 5.10 Å². The third-order valence-electron chi connectivity index (χ3n) is 4.82. The zero-order chi connectivity index (χ0) is 18.8. The van der Waals surface area contributed by atoms with Gasteiger partial charge >= 0.3 is 0 Å². The molecule has 1 N–H and O–H groups in total. The standard InChI is InChI=1S/C22H20N4O/c1-15-6-5-8-19(16(15)2)23-22(27)18-12-10-17(11-13-18)14-26-21-9-4-3-7-20(21)24-25-26/h3-13H,14H2,1-2H3,(H,23,27). The summed E-state index contributed by atoms with van der Waals surface area (Å²) in [4.78, 5) is 12.5. The number of rotatable bonds is 4. The molecule has 0 aliphatic carbocycles. The highest BCUT2D eigenvalue weighted by Gasteiger charge is 2.09. The number of carbonyl (C=O) groups is 1. The van der Waals surface area contributed by atoms with Crippen molar-refractivity contribution < 1.29 is 4.79 Å². The minimum absolute atomic E-state index is 0.110. The Morgan fingerprint density at radius 2 is 1.74 bits per heavy atom. The topological polar surface area (TPSA) is 59.8 Å². The molecule has 0 saturated heterocycles. The van der Waals surface area contributed by atoms with E-state index in [0.29, 0.717) is 12.1 Å². The predicted octanol–water partition coefficient (Wildman–Crippen LogP) is 4.35. The van der Waals surface area contributed by atoms with E-state index >= 15 is 0 Å². The maximum absolute atomic E-state index is 12.5. The van der Waals surface area contributed by atoms with Crippen molar-refractivity contribution in [3.8, 4) is 0 Å². The van der Waals surface area contributed by atoms with Gasteiger partial charge in [0.2, 0.25) is 0 Å². The van der Waals surface area contributed by atoms with E-state index in [-0.39, 0.29) is 5.91 Å². The molecule has 4 rings (SSSR count). The summed E-state index contributed by atoms with van der Waals surface area (Å²) >= 11 is 0. The number of hydrogen-bond donors (Lipinski definition) is 1. The van der Waals surface area contributed by atoms with Gasteiger partial charge in [-0.25, -0.2) is 4.68 Å². The zero-order valence-corrected chi connectivity index (χ0v) is 15.3. The van der Waals surface area contributed by atoms with Gasteiger partial charge in [-0.3, -0.25) is 4.79 Å². The third kappa shape index (κ3) is 3.44. The molecule has 4 aromatic rings. The smallest absolute Gasteiger partial charge is 0.255 e. The average Bonchev–Trinajstić information content (AvgIpc) is 3.09. The van der Waals surface area contributed by atoms with Gasteiger partial charge in [0, 0.05) is 11.3 Å². The molecule has 0 unspecified atom stereocenters. The summed E-state index contributed by atoms with van der Waals surface area (Å²) < 4.78 is 1.86. The number of carbonyl (C=O) groups excluding carboxylic acids is 1. The van der Waals surface area contributed by atoms with Crippen LogP contribution in [0.3, 0.4) is 0 Å². The number of para-hydroxylation sites is 1. The average molecular weight is 356 g/mol. The van der Waals surface area contributed by atoms with Crippen molar-refractivity contribution in [1.82, 2.24) is 15.0 Å². The fraction of sp³-hybridized carbons (Fsp3) is 0.136. The molecule has 0 bridgehead atoms. The van der Waals surface area contributed by atoms with Crippen molar-refractivity contribution in [3.05, 3.63) is 89.0 Å². The van der Waals surface area contributed by atoms with E-state index in [4.69, 9.17) is 0 Å². The first kappa shape index (κ1) is 17.0. The van der Waals surface area contributed by atoms with E-state index in [0.717, 1.165) is 33.4 Å². The summed E-state index contributed by atoms with van der Waals surface area (Å²) in [5.74, 6) is -0.110. The molecule has 27 heavy (non-hydrogen) atoms. The predicted molar refractivity (Wildman–Crippen MR) is 107 cm³/mol. The maximum Gasteiger partial charge on any atom is 0.255 e. The van der Waals surface area contributed by atoms with Crippen LogP contribution in [0.2, 0.25) is 0 Å². The second kappa shape index (κ2) is 7.03. The largest absolute Gasteiger partial charge is 0.322 e. The molecule has 0 radical (unpaired) electrons. The molecule has 3 aromatic carbocycles. The van der Waals surface area contributed by atoms with Crippen molar-refractivity contribution >= 4 is 22.6 Å². The van der Waals surface area contributed by atoms with Crippen molar-refractivity contribution in [2.45, 2.75) is 20.4 Å². The number of amides is 1. The fourth-order valence-electron chi connectivity index (χ4n) is 3.05. The molecule has 1 heterocycles. The van der Waals surface area contributed by atoms with Gasteiger partial charge in [-0.05, 0) is 60.9 Å². The quantitative estimate of drug-likeness (QED) is 0.591. The summed E-state index contributed by atoms with van der Waals surface area (Å²) in [6.07, 6.45) is 0. The fourth-order valence-corrected chi connectivity index (χ4v) is 3.05. The molecule has 0 aliphatic heterocycles. The number of nitrogens with zero attached hydrogens (tertiary/aromatic N) is 3. The molecule has 1 aromatic heterocycles. The molecular weight excluding hydrogens is 336 g/mol. The lowest BCUT2D eigenvalue weighted by Crippen LogP contribution is -2.13. The van der Waals surface area contributed by atoms with E-state index in [1.54, 1.807) is 0 Å². The van der Waals surface area contributed by atoms with E-state index in [1.165, 1.54) is 0 Å². The first-order valence-electron chi connectivity index (χ1n) is 8.86. The van der Waals surface area contributed by atoms with Gasteiger partial charge in [-0.1, -0.05) is 41.6 Å². The second-order valence-corrected chi connectivity index (χ2v) is 6.63. The van der Waals surface area contributed by atoms with Gasteiger partial charge in [0.05, 0.1) is 12.1 Å². The Morgan fingerprint density at radius 3 is 2.56 bits per heavy atom. The Balaban J connectivity index is 1.50. The van der Waals surface area contributed by atoms with Gasteiger partial charge in [-0.2, -0.15) is 0 Å². The first-order chi connectivity index (χ1) is 13.1. The molecule has 0 atom stereocenters. The Morgan fingerprint density at radius 1 is 0.963 bits per heavy atom. The summed E-state index contributed by atoms with van der Waals surface area (Å²) in [6, 6.07) is 21.4. The number of fused-ring (bicyclic) bond motifs is 1. The van der Waals surface area contributed by atoms with Crippen LogP contribution >= 0.6 is 0 Å². The number of aromatic nitrogens is 3. The molecule has 5 heteroatoms. The van der Waals surface area contributed by atoms with Crippen LogP contribution in [0.15, 0.2) is 66.7 Å².